The van der Waals surface area contributed by atoms with E-state index in [-0.39, 0.29) is 0 Å². The Morgan fingerprint density at radius 1 is 1.10 bits per heavy atom. The Morgan fingerprint density at radius 2 is 1.86 bits per heavy atom. The van der Waals surface area contributed by atoms with E-state index in [1.165, 1.54) is 4.31 Å². The molecule has 0 N–H and O–H groups in total. The normalized spacial score (nSPS) is 17.1. The highest BCUT2D eigenvalue weighted by atomic mass is 35.5. The molecule has 5 nitrogen and oxygen atoms in total. The van der Waals surface area contributed by atoms with Gasteiger partial charge in [0.05, 0.1) is 4.34 Å². The summed E-state index contributed by atoms with van der Waals surface area (Å²) in [6.45, 7) is 2.17. The van der Waals surface area contributed by atoms with Crippen LogP contribution in [0.2, 0.25) is 4.34 Å². The van der Waals surface area contributed by atoms with E-state index >= 15 is 0 Å². The molecule has 21 heavy (non-hydrogen) atoms. The van der Waals surface area contributed by atoms with Gasteiger partial charge in [-0.1, -0.05) is 17.7 Å². The quantitative estimate of drug-likeness (QED) is 0.858. The second kappa shape index (κ2) is 5.92. The van der Waals surface area contributed by atoms with Crippen LogP contribution in [0.15, 0.2) is 40.7 Å². The summed E-state index contributed by atoms with van der Waals surface area (Å²) in [7, 11) is -3.43. The molecule has 8 heteroatoms. The van der Waals surface area contributed by atoms with Crippen molar-refractivity contribution in [1.82, 2.24) is 9.29 Å². The summed E-state index contributed by atoms with van der Waals surface area (Å²) in [5.74, 6) is 0.883. The standard InChI is InChI=1S/C13H14ClN3O2S2/c14-11-4-5-13(20-11)21(18,19)17-9-7-16(8-10-17)12-3-1-2-6-15-12/h1-6H,7-10H2. The lowest BCUT2D eigenvalue weighted by Crippen LogP contribution is -2.48. The number of rotatable bonds is 3. The van der Waals surface area contributed by atoms with Crippen LogP contribution >= 0.6 is 22.9 Å². The second-order valence-corrected chi connectivity index (χ2v) is 8.52. The van der Waals surface area contributed by atoms with Crippen molar-refractivity contribution in [3.63, 3.8) is 0 Å². The molecule has 0 aromatic carbocycles. The summed E-state index contributed by atoms with van der Waals surface area (Å²) >= 11 is 6.92. The van der Waals surface area contributed by atoms with Crippen LogP contribution in [0.5, 0.6) is 0 Å². The predicted molar refractivity (Wildman–Crippen MR) is 84.5 cm³/mol. The molecule has 1 saturated heterocycles. The Bertz CT molecular complexity index is 710. The highest BCUT2D eigenvalue weighted by Crippen LogP contribution is 2.28. The third-order valence-electron chi connectivity index (χ3n) is 3.35. The number of piperazine rings is 1. The SMILES string of the molecule is O=S(=O)(c1ccc(Cl)s1)N1CCN(c2ccccn2)CC1. The van der Waals surface area contributed by atoms with Gasteiger partial charge in [0.15, 0.2) is 0 Å². The van der Waals surface area contributed by atoms with Gasteiger partial charge >= 0.3 is 0 Å². The van der Waals surface area contributed by atoms with E-state index in [1.54, 1.807) is 18.3 Å². The molecule has 0 saturated carbocycles. The summed E-state index contributed by atoms with van der Waals surface area (Å²) < 4.78 is 27.3. The maximum absolute atomic E-state index is 12.5. The van der Waals surface area contributed by atoms with Crippen molar-refractivity contribution in [2.75, 3.05) is 31.1 Å². The molecule has 0 amide bonds. The summed E-state index contributed by atoms with van der Waals surface area (Å²) in [4.78, 5) is 6.38. The average molecular weight is 344 g/mol. The Kier molecular flexibility index (Phi) is 4.17. The predicted octanol–water partition coefficient (Wildman–Crippen LogP) is 2.31. The van der Waals surface area contributed by atoms with E-state index in [0.717, 1.165) is 17.2 Å². The fourth-order valence-electron chi connectivity index (χ4n) is 2.26. The molecule has 2 aromatic heterocycles. The molecule has 0 atom stereocenters. The average Bonchev–Trinajstić information content (AvgIpc) is 2.96. The topological polar surface area (TPSA) is 53.5 Å². The first-order valence-corrected chi connectivity index (χ1v) is 9.12. The van der Waals surface area contributed by atoms with Crippen LogP contribution in [-0.2, 0) is 10.0 Å². The Balaban J connectivity index is 1.71. The van der Waals surface area contributed by atoms with E-state index in [9.17, 15) is 8.42 Å². The number of hydrogen-bond donors (Lipinski definition) is 0. The van der Waals surface area contributed by atoms with Crippen LogP contribution in [0.1, 0.15) is 0 Å². The third kappa shape index (κ3) is 3.06. The Morgan fingerprint density at radius 3 is 2.43 bits per heavy atom. The lowest BCUT2D eigenvalue weighted by Gasteiger charge is -2.34. The van der Waals surface area contributed by atoms with Crippen LogP contribution < -0.4 is 4.90 Å². The zero-order valence-corrected chi connectivity index (χ0v) is 13.5. The minimum absolute atomic E-state index is 0.304. The molecule has 3 rings (SSSR count). The van der Waals surface area contributed by atoms with E-state index in [0.29, 0.717) is 34.7 Å². The lowest BCUT2D eigenvalue weighted by molar-refractivity contribution is 0.385. The van der Waals surface area contributed by atoms with Gasteiger partial charge in [-0.2, -0.15) is 4.31 Å². The van der Waals surface area contributed by atoms with Crippen LogP contribution in [0.25, 0.3) is 0 Å². The van der Waals surface area contributed by atoms with E-state index < -0.39 is 10.0 Å². The molecule has 0 aliphatic carbocycles. The van der Waals surface area contributed by atoms with Crippen molar-refractivity contribution in [3.05, 3.63) is 40.9 Å². The van der Waals surface area contributed by atoms with Gasteiger partial charge in [0, 0.05) is 32.4 Å². The molecular weight excluding hydrogens is 330 g/mol. The van der Waals surface area contributed by atoms with Gasteiger partial charge < -0.3 is 4.90 Å². The highest BCUT2D eigenvalue weighted by molar-refractivity contribution is 7.91. The van der Waals surface area contributed by atoms with Crippen LogP contribution in [0.4, 0.5) is 5.82 Å². The van der Waals surface area contributed by atoms with Crippen LogP contribution in [0, 0.1) is 0 Å². The van der Waals surface area contributed by atoms with Gasteiger partial charge in [0.25, 0.3) is 10.0 Å². The molecule has 3 heterocycles. The van der Waals surface area contributed by atoms with Gasteiger partial charge in [-0.15, -0.1) is 11.3 Å². The van der Waals surface area contributed by atoms with Crippen molar-refractivity contribution in [1.29, 1.82) is 0 Å². The number of thiophene rings is 1. The van der Waals surface area contributed by atoms with Crippen molar-refractivity contribution in [3.8, 4) is 0 Å². The van der Waals surface area contributed by atoms with Crippen molar-refractivity contribution in [2.24, 2.45) is 0 Å². The van der Waals surface area contributed by atoms with Crippen molar-refractivity contribution in [2.45, 2.75) is 4.21 Å². The first-order chi connectivity index (χ1) is 10.1. The first kappa shape index (κ1) is 14.8. The van der Waals surface area contributed by atoms with Gasteiger partial charge in [-0.25, -0.2) is 13.4 Å². The number of anilines is 1. The van der Waals surface area contributed by atoms with Crippen LogP contribution in [0.3, 0.4) is 0 Å². The number of aromatic nitrogens is 1. The summed E-state index contributed by atoms with van der Waals surface area (Å²) in [5.41, 5.74) is 0. The molecule has 0 unspecified atom stereocenters. The lowest BCUT2D eigenvalue weighted by atomic mass is 10.3. The van der Waals surface area contributed by atoms with Gasteiger partial charge in [-0.3, -0.25) is 0 Å². The van der Waals surface area contributed by atoms with Crippen molar-refractivity contribution >= 4 is 38.8 Å². The smallest absolute Gasteiger partial charge is 0.252 e. The van der Waals surface area contributed by atoms with Crippen LogP contribution in [-0.4, -0.2) is 43.9 Å². The molecule has 0 spiro atoms. The van der Waals surface area contributed by atoms with Crippen molar-refractivity contribution < 1.29 is 8.42 Å². The summed E-state index contributed by atoms with van der Waals surface area (Å²) in [5, 5.41) is 0. The molecule has 1 aliphatic rings. The summed E-state index contributed by atoms with van der Waals surface area (Å²) in [6, 6.07) is 8.91. The molecular formula is C13H14ClN3O2S2. The number of pyridine rings is 1. The maximum Gasteiger partial charge on any atom is 0.252 e. The van der Waals surface area contributed by atoms with E-state index in [1.807, 2.05) is 18.2 Å². The third-order valence-corrected chi connectivity index (χ3v) is 6.95. The number of halogens is 1. The minimum Gasteiger partial charge on any atom is -0.354 e. The molecule has 112 valence electrons. The molecule has 0 bridgehead atoms. The fourth-order valence-corrected chi connectivity index (χ4v) is 5.32. The van der Waals surface area contributed by atoms with Gasteiger partial charge in [0.1, 0.15) is 10.0 Å². The Hall–Kier alpha value is -1.15. The zero-order valence-electron chi connectivity index (χ0n) is 11.1. The molecule has 0 radical (unpaired) electrons. The monoisotopic (exact) mass is 343 g/mol. The van der Waals surface area contributed by atoms with E-state index in [4.69, 9.17) is 11.6 Å². The number of sulfonamides is 1. The molecule has 2 aromatic rings. The largest absolute Gasteiger partial charge is 0.354 e. The molecule has 1 aliphatic heterocycles. The fraction of sp³-hybridized carbons (Fsp3) is 0.308. The minimum atomic E-state index is -3.43. The second-order valence-electron chi connectivity index (χ2n) is 4.64. The number of hydrogen-bond acceptors (Lipinski definition) is 5. The summed E-state index contributed by atoms with van der Waals surface area (Å²) in [6.07, 6.45) is 1.74. The van der Waals surface area contributed by atoms with Gasteiger partial charge in [0.2, 0.25) is 0 Å². The number of nitrogens with zero attached hydrogens (tertiary/aromatic N) is 3. The maximum atomic E-state index is 12.5. The zero-order chi connectivity index (χ0) is 14.9. The van der Waals surface area contributed by atoms with Gasteiger partial charge in [-0.05, 0) is 24.3 Å². The highest BCUT2D eigenvalue weighted by Gasteiger charge is 2.29. The molecule has 1 fully saturated rings. The van der Waals surface area contributed by atoms with E-state index in [2.05, 4.69) is 9.88 Å². The first-order valence-electron chi connectivity index (χ1n) is 6.49. The Labute approximate surface area is 132 Å².